The first-order chi connectivity index (χ1) is 21.5. The molecule has 1 aromatic rings. The fraction of sp³-hybridized carbons (Fsp3) is 0.714. The number of unbranched alkanes of at least 4 members (excludes halogenated alkanes) is 9. The van der Waals surface area contributed by atoms with Crippen LogP contribution >= 0.6 is 0 Å². The standard InChI is InChI=1S/C35H57N3O7/c1-6-7-8-9-10-11-12-13-14-18-21-29-25(4)32(40)37-30(24(2)3)33(41)38-31(26(5)39)34(42)36-28(35(43)45-29)23-44-22-27-19-16-15-17-20-27/h15-17,19-20,24-26,28-31,39H,6-14,18,21-23H2,1-5H3,(H,36,42)(H,37,40)(H,38,41)/t25-,26?,28-,29-,30-,31-/m0/s1. The summed E-state index contributed by atoms with van der Waals surface area (Å²) in [5.74, 6) is -3.54. The molecule has 3 amide bonds. The van der Waals surface area contributed by atoms with Gasteiger partial charge in [-0.25, -0.2) is 4.79 Å². The second-order valence-electron chi connectivity index (χ2n) is 12.8. The zero-order chi connectivity index (χ0) is 33.2. The van der Waals surface area contributed by atoms with Gasteiger partial charge in [-0.05, 0) is 31.2 Å². The van der Waals surface area contributed by atoms with E-state index in [0.29, 0.717) is 6.42 Å². The van der Waals surface area contributed by atoms with Gasteiger partial charge in [-0.15, -0.1) is 0 Å². The zero-order valence-corrected chi connectivity index (χ0v) is 28.0. The Labute approximate surface area is 269 Å². The van der Waals surface area contributed by atoms with Crippen molar-refractivity contribution in [2.24, 2.45) is 11.8 Å². The summed E-state index contributed by atoms with van der Waals surface area (Å²) in [6, 6.07) is 5.87. The van der Waals surface area contributed by atoms with Gasteiger partial charge in [0, 0.05) is 0 Å². The Morgan fingerprint density at radius 3 is 1.91 bits per heavy atom. The Kier molecular flexibility index (Phi) is 17.8. The van der Waals surface area contributed by atoms with Gasteiger partial charge in [0.25, 0.3) is 0 Å². The molecule has 0 radical (unpaired) electrons. The van der Waals surface area contributed by atoms with Crippen molar-refractivity contribution in [2.45, 2.75) is 142 Å². The van der Waals surface area contributed by atoms with E-state index >= 15 is 0 Å². The van der Waals surface area contributed by atoms with Crippen molar-refractivity contribution in [3.05, 3.63) is 35.9 Å². The molecule has 0 aromatic heterocycles. The molecule has 4 N–H and O–H groups in total. The zero-order valence-electron chi connectivity index (χ0n) is 28.0. The molecule has 1 saturated heterocycles. The number of rotatable bonds is 17. The molecule has 1 heterocycles. The van der Waals surface area contributed by atoms with Gasteiger partial charge in [-0.3, -0.25) is 14.4 Å². The van der Waals surface area contributed by atoms with Crippen molar-refractivity contribution in [1.29, 1.82) is 0 Å². The van der Waals surface area contributed by atoms with Crippen LogP contribution in [0.25, 0.3) is 0 Å². The highest BCUT2D eigenvalue weighted by atomic mass is 16.5. The fourth-order valence-corrected chi connectivity index (χ4v) is 5.41. The first-order valence-corrected chi connectivity index (χ1v) is 17.0. The van der Waals surface area contributed by atoms with E-state index in [1.807, 2.05) is 30.3 Å². The maximum Gasteiger partial charge on any atom is 0.331 e. The highest BCUT2D eigenvalue weighted by Gasteiger charge is 2.37. The largest absolute Gasteiger partial charge is 0.460 e. The van der Waals surface area contributed by atoms with Crippen LogP contribution in [0.5, 0.6) is 0 Å². The van der Waals surface area contributed by atoms with E-state index in [2.05, 4.69) is 22.9 Å². The number of esters is 1. The van der Waals surface area contributed by atoms with Crippen molar-refractivity contribution in [2.75, 3.05) is 6.61 Å². The predicted molar refractivity (Wildman–Crippen MR) is 174 cm³/mol. The van der Waals surface area contributed by atoms with Crippen molar-refractivity contribution < 1.29 is 33.8 Å². The lowest BCUT2D eigenvalue weighted by molar-refractivity contribution is -0.159. The molecule has 0 spiro atoms. The van der Waals surface area contributed by atoms with E-state index in [-0.39, 0.29) is 19.1 Å². The molecule has 10 nitrogen and oxygen atoms in total. The highest BCUT2D eigenvalue weighted by molar-refractivity contribution is 5.94. The van der Waals surface area contributed by atoms with Gasteiger partial charge in [0.05, 0.1) is 25.2 Å². The minimum absolute atomic E-state index is 0.194. The lowest BCUT2D eigenvalue weighted by atomic mass is 9.95. The molecule has 10 heteroatoms. The van der Waals surface area contributed by atoms with Crippen LogP contribution in [0.15, 0.2) is 30.3 Å². The SMILES string of the molecule is CCCCCCCCCCCC[C@@H]1OC(=O)[C@H](COCc2ccccc2)NC(=O)[C@H](C(C)O)NC(=O)[C@H](C(C)C)NC(=O)[C@H]1C. The molecule has 1 unspecified atom stereocenters. The number of hydrogen-bond donors (Lipinski definition) is 4. The third kappa shape index (κ3) is 13.9. The molecule has 0 bridgehead atoms. The lowest BCUT2D eigenvalue weighted by Gasteiger charge is -2.28. The summed E-state index contributed by atoms with van der Waals surface area (Å²) < 4.78 is 11.7. The summed E-state index contributed by atoms with van der Waals surface area (Å²) in [6.07, 6.45) is 9.92. The van der Waals surface area contributed by atoms with Crippen molar-refractivity contribution in [1.82, 2.24) is 16.0 Å². The molecule has 1 aromatic carbocycles. The second-order valence-corrected chi connectivity index (χ2v) is 12.8. The molecule has 2 rings (SSSR count). The normalized spacial score (nSPS) is 24.0. The van der Waals surface area contributed by atoms with Crippen LogP contribution in [0.4, 0.5) is 0 Å². The fourth-order valence-electron chi connectivity index (χ4n) is 5.41. The smallest absolute Gasteiger partial charge is 0.331 e. The second kappa shape index (κ2) is 20.9. The van der Waals surface area contributed by atoms with Crippen LogP contribution < -0.4 is 16.0 Å². The molecule has 45 heavy (non-hydrogen) atoms. The predicted octanol–water partition coefficient (Wildman–Crippen LogP) is 4.57. The Morgan fingerprint density at radius 2 is 1.33 bits per heavy atom. The molecule has 0 aliphatic carbocycles. The summed E-state index contributed by atoms with van der Waals surface area (Å²) in [5.41, 5.74) is 0.889. The van der Waals surface area contributed by atoms with E-state index in [1.54, 1.807) is 20.8 Å². The van der Waals surface area contributed by atoms with Gasteiger partial charge in [0.15, 0.2) is 6.04 Å². The number of ether oxygens (including phenoxy) is 2. The molecule has 1 aliphatic heterocycles. The average Bonchev–Trinajstić information content (AvgIpc) is 3.01. The van der Waals surface area contributed by atoms with Gasteiger partial charge in [-0.1, -0.05) is 116 Å². The third-order valence-electron chi connectivity index (χ3n) is 8.39. The minimum Gasteiger partial charge on any atom is -0.460 e. The van der Waals surface area contributed by atoms with E-state index in [1.165, 1.54) is 45.4 Å². The van der Waals surface area contributed by atoms with Gasteiger partial charge >= 0.3 is 5.97 Å². The molecule has 1 aliphatic rings. The Bertz CT molecular complexity index is 1030. The van der Waals surface area contributed by atoms with E-state index in [9.17, 15) is 24.3 Å². The Hall–Kier alpha value is -2.98. The van der Waals surface area contributed by atoms with Crippen LogP contribution in [-0.4, -0.2) is 65.7 Å². The number of cyclic esters (lactones) is 1. The topological polar surface area (TPSA) is 143 Å². The minimum atomic E-state index is -1.36. The van der Waals surface area contributed by atoms with Crippen LogP contribution in [0.1, 0.15) is 111 Å². The monoisotopic (exact) mass is 631 g/mol. The van der Waals surface area contributed by atoms with Gasteiger partial charge in [0.2, 0.25) is 17.7 Å². The number of hydrogen-bond acceptors (Lipinski definition) is 7. The van der Waals surface area contributed by atoms with Crippen molar-refractivity contribution in [3.8, 4) is 0 Å². The van der Waals surface area contributed by atoms with E-state index < -0.39 is 59.9 Å². The average molecular weight is 632 g/mol. The number of carbonyl (C=O) groups is 4. The molecule has 1 fully saturated rings. The first kappa shape index (κ1) is 38.2. The van der Waals surface area contributed by atoms with E-state index in [4.69, 9.17) is 9.47 Å². The number of aliphatic hydroxyl groups excluding tert-OH is 1. The third-order valence-corrected chi connectivity index (χ3v) is 8.39. The van der Waals surface area contributed by atoms with Crippen LogP contribution in [0.2, 0.25) is 0 Å². The maximum atomic E-state index is 13.6. The molecular weight excluding hydrogens is 574 g/mol. The summed E-state index contributed by atoms with van der Waals surface area (Å²) in [7, 11) is 0. The molecule has 254 valence electrons. The van der Waals surface area contributed by atoms with Gasteiger partial charge < -0.3 is 30.5 Å². The van der Waals surface area contributed by atoms with Crippen LogP contribution in [0.3, 0.4) is 0 Å². The number of carbonyl (C=O) groups excluding carboxylic acids is 4. The number of nitrogens with one attached hydrogen (secondary N) is 3. The van der Waals surface area contributed by atoms with Gasteiger partial charge in [-0.2, -0.15) is 0 Å². The first-order valence-electron chi connectivity index (χ1n) is 17.0. The number of aliphatic hydroxyl groups is 1. The van der Waals surface area contributed by atoms with Crippen LogP contribution in [-0.2, 0) is 35.3 Å². The van der Waals surface area contributed by atoms with Crippen molar-refractivity contribution in [3.63, 3.8) is 0 Å². The number of amides is 3. The molecule has 6 atom stereocenters. The quantitative estimate of drug-likeness (QED) is 0.146. The summed E-state index contributed by atoms with van der Waals surface area (Å²) >= 11 is 0. The summed E-state index contributed by atoms with van der Waals surface area (Å²) in [5, 5.41) is 18.4. The summed E-state index contributed by atoms with van der Waals surface area (Å²) in [4.78, 5) is 53.6. The Balaban J connectivity index is 2.19. The Morgan fingerprint density at radius 1 is 0.778 bits per heavy atom. The van der Waals surface area contributed by atoms with E-state index in [0.717, 1.165) is 31.2 Å². The molecular formula is C35H57N3O7. The van der Waals surface area contributed by atoms with Crippen molar-refractivity contribution >= 4 is 23.7 Å². The number of benzene rings is 1. The summed E-state index contributed by atoms with van der Waals surface area (Å²) in [6.45, 7) is 8.85. The molecule has 0 saturated carbocycles. The maximum absolute atomic E-state index is 13.6. The van der Waals surface area contributed by atoms with Gasteiger partial charge in [0.1, 0.15) is 18.2 Å². The lowest BCUT2D eigenvalue weighted by Crippen LogP contribution is -2.60. The highest BCUT2D eigenvalue weighted by Crippen LogP contribution is 2.20. The van der Waals surface area contributed by atoms with Crippen LogP contribution in [0, 0.1) is 11.8 Å².